The Balaban J connectivity index is 3.35. The molecule has 0 aliphatic heterocycles. The number of alkyl halides is 2. The molecule has 0 spiro atoms. The maximum absolute atomic E-state index is 12.9. The van der Waals surface area contributed by atoms with Crippen molar-refractivity contribution >= 4 is 39.4 Å². The first-order chi connectivity index (χ1) is 6.43. The van der Waals surface area contributed by atoms with Crippen molar-refractivity contribution in [2.45, 2.75) is 6.43 Å². The molecule has 14 heavy (non-hydrogen) atoms. The van der Waals surface area contributed by atoms with Crippen molar-refractivity contribution in [1.82, 2.24) is 4.98 Å². The second-order valence-corrected chi connectivity index (χ2v) is 3.70. The van der Waals surface area contributed by atoms with Gasteiger partial charge in [-0.1, -0.05) is 0 Å². The number of carbonyl (C=O) groups is 1. The van der Waals surface area contributed by atoms with Crippen molar-refractivity contribution in [3.63, 3.8) is 0 Å². The smallest absolute Gasteiger partial charge is 0.276 e. The van der Waals surface area contributed by atoms with E-state index in [0.29, 0.717) is 0 Å². The summed E-state index contributed by atoms with van der Waals surface area (Å²) in [5.41, 5.74) is -1.10. The van der Waals surface area contributed by atoms with Crippen molar-refractivity contribution in [3.8, 4) is 0 Å². The van der Waals surface area contributed by atoms with Gasteiger partial charge in [-0.05, 0) is 40.3 Å². The van der Waals surface area contributed by atoms with Gasteiger partial charge in [-0.15, -0.1) is 0 Å². The van der Waals surface area contributed by atoms with E-state index in [4.69, 9.17) is 11.6 Å². The Morgan fingerprint density at radius 3 is 2.57 bits per heavy atom. The quantitative estimate of drug-likeness (QED) is 0.472. The molecule has 0 aliphatic carbocycles. The Morgan fingerprint density at radius 1 is 1.57 bits per heavy atom. The van der Waals surface area contributed by atoms with Gasteiger partial charge in [-0.25, -0.2) is 13.8 Å². The number of halogens is 5. The average molecular weight is 335 g/mol. The number of nitrogens with zero attached hydrogens (tertiary/aromatic N) is 1. The highest BCUT2D eigenvalue weighted by Gasteiger charge is 2.19. The number of hydrogen-bond acceptors (Lipinski definition) is 2. The van der Waals surface area contributed by atoms with Crippen LogP contribution >= 0.6 is 34.2 Å². The number of carbonyl (C=O) groups excluding carboxylic acids is 1. The molecule has 2 nitrogen and oxygen atoms in total. The van der Waals surface area contributed by atoms with E-state index in [1.165, 1.54) is 22.6 Å². The van der Waals surface area contributed by atoms with Gasteiger partial charge in [0.25, 0.3) is 11.7 Å². The van der Waals surface area contributed by atoms with Crippen LogP contribution in [0.25, 0.3) is 0 Å². The molecule has 0 aliphatic rings. The van der Waals surface area contributed by atoms with Crippen molar-refractivity contribution in [2.75, 3.05) is 0 Å². The molecule has 1 heterocycles. The van der Waals surface area contributed by atoms with Gasteiger partial charge < -0.3 is 0 Å². The van der Waals surface area contributed by atoms with E-state index >= 15 is 0 Å². The fraction of sp³-hybridized carbons (Fsp3) is 0.143. The second-order valence-electron chi connectivity index (χ2n) is 2.27. The summed E-state index contributed by atoms with van der Waals surface area (Å²) in [7, 11) is 0. The lowest BCUT2D eigenvalue weighted by atomic mass is 10.2. The van der Waals surface area contributed by atoms with E-state index in [-0.39, 0.29) is 9.13 Å². The van der Waals surface area contributed by atoms with Crippen molar-refractivity contribution < 1.29 is 18.0 Å². The zero-order chi connectivity index (χ0) is 10.9. The van der Waals surface area contributed by atoms with Crippen molar-refractivity contribution in [2.24, 2.45) is 0 Å². The second kappa shape index (κ2) is 4.43. The topological polar surface area (TPSA) is 30.0 Å². The van der Waals surface area contributed by atoms with Crippen LogP contribution in [0.1, 0.15) is 22.5 Å². The number of hydrogen-bond donors (Lipinski definition) is 0. The SMILES string of the molecule is O=C(Cl)c1cc(C(F)F)nc(F)c1I. The Bertz CT molecular complexity index is 385. The third-order valence-electron chi connectivity index (χ3n) is 1.37. The van der Waals surface area contributed by atoms with Crippen LogP contribution in [-0.2, 0) is 0 Å². The van der Waals surface area contributed by atoms with E-state index in [0.717, 1.165) is 6.07 Å². The van der Waals surface area contributed by atoms with Gasteiger partial charge in [0.2, 0.25) is 5.95 Å². The summed E-state index contributed by atoms with van der Waals surface area (Å²) in [4.78, 5) is 13.7. The third-order valence-corrected chi connectivity index (χ3v) is 2.60. The highest BCUT2D eigenvalue weighted by atomic mass is 127. The van der Waals surface area contributed by atoms with Gasteiger partial charge in [-0.2, -0.15) is 4.39 Å². The molecule has 0 N–H and O–H groups in total. The first kappa shape index (κ1) is 11.7. The monoisotopic (exact) mass is 335 g/mol. The summed E-state index contributed by atoms with van der Waals surface area (Å²) in [5.74, 6) is -1.12. The molecule has 0 atom stereocenters. The molecule has 0 radical (unpaired) electrons. The molecular weight excluding hydrogens is 333 g/mol. The van der Waals surface area contributed by atoms with Crippen LogP contribution in [0.4, 0.5) is 13.2 Å². The van der Waals surface area contributed by atoms with Crippen LogP contribution in [0.3, 0.4) is 0 Å². The summed E-state index contributed by atoms with van der Waals surface area (Å²) in [6, 6.07) is 0.783. The standard InChI is InChI=1S/C7H2ClF3INO/c8-5(14)2-1-3(6(9)10)13-7(11)4(2)12/h1,6H. The number of rotatable bonds is 2. The highest BCUT2D eigenvalue weighted by Crippen LogP contribution is 2.23. The largest absolute Gasteiger partial charge is 0.280 e. The summed E-state index contributed by atoms with van der Waals surface area (Å²) in [6.07, 6.45) is -2.93. The third kappa shape index (κ3) is 2.35. The molecule has 7 heteroatoms. The maximum Gasteiger partial charge on any atom is 0.280 e. The molecular formula is C7H2ClF3INO. The predicted octanol–water partition coefficient (Wildman–Crippen LogP) is 3.14. The molecule has 0 saturated heterocycles. The number of pyridine rings is 1. The van der Waals surface area contributed by atoms with Crippen LogP contribution in [0, 0.1) is 9.52 Å². The minimum atomic E-state index is -2.93. The molecule has 1 aromatic heterocycles. The summed E-state index contributed by atoms with van der Waals surface area (Å²) < 4.78 is 37.0. The molecule has 0 aromatic carbocycles. The lowest BCUT2D eigenvalue weighted by molar-refractivity contribution is 0.107. The van der Waals surface area contributed by atoms with Gasteiger partial charge in [0.15, 0.2) is 0 Å². The van der Waals surface area contributed by atoms with Crippen molar-refractivity contribution in [1.29, 1.82) is 0 Å². The van der Waals surface area contributed by atoms with Gasteiger partial charge in [0.05, 0.1) is 9.13 Å². The van der Waals surface area contributed by atoms with Gasteiger partial charge in [0, 0.05) is 0 Å². The van der Waals surface area contributed by atoms with Crippen LogP contribution in [-0.4, -0.2) is 10.2 Å². The molecule has 0 saturated carbocycles. The zero-order valence-electron chi connectivity index (χ0n) is 6.40. The molecule has 0 unspecified atom stereocenters. The minimum absolute atomic E-state index is 0.160. The Kier molecular flexibility index (Phi) is 3.71. The van der Waals surface area contributed by atoms with E-state index in [9.17, 15) is 18.0 Å². The maximum atomic E-state index is 12.9. The Labute approximate surface area is 95.6 Å². The van der Waals surface area contributed by atoms with Crippen molar-refractivity contribution in [3.05, 3.63) is 26.8 Å². The predicted molar refractivity (Wildman–Crippen MR) is 52.1 cm³/mol. The average Bonchev–Trinajstić information content (AvgIpc) is 2.08. The Hall–Kier alpha value is -0.370. The highest BCUT2D eigenvalue weighted by molar-refractivity contribution is 14.1. The van der Waals surface area contributed by atoms with Gasteiger partial charge >= 0.3 is 0 Å². The fourth-order valence-corrected chi connectivity index (χ4v) is 1.60. The fourth-order valence-electron chi connectivity index (χ4n) is 0.772. The minimum Gasteiger partial charge on any atom is -0.276 e. The first-order valence-corrected chi connectivity index (χ1v) is 4.73. The first-order valence-electron chi connectivity index (χ1n) is 3.27. The molecule has 76 valence electrons. The molecule has 0 fully saturated rings. The van der Waals surface area contributed by atoms with E-state index in [2.05, 4.69) is 4.98 Å². The van der Waals surface area contributed by atoms with Crippen LogP contribution < -0.4 is 0 Å². The lowest BCUT2D eigenvalue weighted by Gasteiger charge is -2.03. The normalized spacial score (nSPS) is 10.7. The van der Waals surface area contributed by atoms with E-state index < -0.39 is 23.3 Å². The van der Waals surface area contributed by atoms with Gasteiger partial charge in [0.1, 0.15) is 5.69 Å². The van der Waals surface area contributed by atoms with Crippen LogP contribution in [0.2, 0.25) is 0 Å². The van der Waals surface area contributed by atoms with E-state index in [1.807, 2.05) is 0 Å². The Morgan fingerprint density at radius 2 is 2.14 bits per heavy atom. The summed E-state index contributed by atoms with van der Waals surface area (Å²) >= 11 is 6.55. The van der Waals surface area contributed by atoms with E-state index in [1.54, 1.807) is 0 Å². The summed E-state index contributed by atoms with van der Waals surface area (Å²) in [5, 5.41) is -0.988. The van der Waals surface area contributed by atoms with Crippen LogP contribution in [0.5, 0.6) is 0 Å². The summed E-state index contributed by atoms with van der Waals surface area (Å²) in [6.45, 7) is 0. The van der Waals surface area contributed by atoms with Crippen LogP contribution in [0.15, 0.2) is 6.07 Å². The molecule has 1 aromatic rings. The molecule has 1 rings (SSSR count). The lowest BCUT2D eigenvalue weighted by Crippen LogP contribution is -2.03. The molecule has 0 amide bonds. The zero-order valence-corrected chi connectivity index (χ0v) is 9.31. The number of aromatic nitrogens is 1. The van der Waals surface area contributed by atoms with Gasteiger partial charge in [-0.3, -0.25) is 4.79 Å². The molecule has 0 bridgehead atoms.